The molecule has 154 valence electrons. The highest BCUT2D eigenvalue weighted by atomic mass is 32.2. The maximum Gasteiger partial charge on any atom is 0.416 e. The minimum absolute atomic E-state index is 0.104. The summed E-state index contributed by atoms with van der Waals surface area (Å²) in [4.78, 5) is 8.09. The summed E-state index contributed by atoms with van der Waals surface area (Å²) in [6, 6.07) is 8.05. The minimum atomic E-state index is -4.60. The van der Waals surface area contributed by atoms with Crippen LogP contribution in [0.1, 0.15) is 22.8 Å². The Kier molecular flexibility index (Phi) is 5.95. The van der Waals surface area contributed by atoms with Gasteiger partial charge in [-0.1, -0.05) is 36.0 Å². The van der Waals surface area contributed by atoms with E-state index >= 15 is 0 Å². The summed E-state index contributed by atoms with van der Waals surface area (Å²) in [5, 5.41) is 0.271. The first-order valence-electron chi connectivity index (χ1n) is 8.35. The molecule has 0 aromatic heterocycles. The van der Waals surface area contributed by atoms with Gasteiger partial charge in [0.05, 0.1) is 18.4 Å². The second kappa shape index (κ2) is 8.11. The predicted octanol–water partition coefficient (Wildman–Crippen LogP) is 4.66. The summed E-state index contributed by atoms with van der Waals surface area (Å²) < 4.78 is 73.3. The van der Waals surface area contributed by atoms with Crippen LogP contribution in [0.3, 0.4) is 0 Å². The molecule has 0 spiro atoms. The monoisotopic (exact) mass is 429 g/mol. The van der Waals surface area contributed by atoms with Gasteiger partial charge in [-0.25, -0.2) is 13.8 Å². The molecule has 2 aromatic carbocycles. The fourth-order valence-corrected chi connectivity index (χ4v) is 3.43. The van der Waals surface area contributed by atoms with Crippen LogP contribution >= 0.6 is 11.8 Å². The molecule has 3 rings (SSSR count). The SMILES string of the molecule is CSC(N=CN)=NC[C@]1(c2ccc(F)c(F)c2)O[C@@H]1c1ccccc1C(F)(F)F. The minimum Gasteiger partial charge on any atom is -0.390 e. The van der Waals surface area contributed by atoms with E-state index in [4.69, 9.17) is 10.5 Å². The Morgan fingerprint density at radius 3 is 2.55 bits per heavy atom. The normalized spacial score (nSPS) is 22.3. The van der Waals surface area contributed by atoms with Crippen LogP contribution in [-0.2, 0) is 16.5 Å². The Hall–Kier alpha value is -2.46. The van der Waals surface area contributed by atoms with Crippen molar-refractivity contribution in [3.63, 3.8) is 0 Å². The lowest BCUT2D eigenvalue weighted by Crippen LogP contribution is -2.18. The maximum atomic E-state index is 13.8. The van der Waals surface area contributed by atoms with Crippen molar-refractivity contribution in [1.29, 1.82) is 0 Å². The van der Waals surface area contributed by atoms with Crippen LogP contribution in [0.4, 0.5) is 22.0 Å². The molecule has 1 aliphatic heterocycles. The number of halogens is 5. The molecule has 0 amide bonds. The van der Waals surface area contributed by atoms with Crippen molar-refractivity contribution in [3.8, 4) is 0 Å². The van der Waals surface area contributed by atoms with E-state index < -0.39 is 35.1 Å². The Balaban J connectivity index is 2.07. The largest absolute Gasteiger partial charge is 0.416 e. The number of rotatable bonds is 4. The van der Waals surface area contributed by atoms with Crippen molar-refractivity contribution in [2.24, 2.45) is 15.7 Å². The van der Waals surface area contributed by atoms with E-state index in [1.54, 1.807) is 6.26 Å². The number of hydrogen-bond acceptors (Lipinski definition) is 3. The zero-order chi connectivity index (χ0) is 21.2. The molecule has 2 atom stereocenters. The third-order valence-electron chi connectivity index (χ3n) is 4.47. The summed E-state index contributed by atoms with van der Waals surface area (Å²) in [6.07, 6.45) is -2.91. The zero-order valence-corrected chi connectivity index (χ0v) is 15.9. The first-order chi connectivity index (χ1) is 13.7. The number of nitrogens with zero attached hydrogens (tertiary/aromatic N) is 2. The number of ether oxygens (including phenoxy) is 1. The number of amidine groups is 1. The van der Waals surface area contributed by atoms with Crippen molar-refractivity contribution in [2.45, 2.75) is 17.9 Å². The lowest BCUT2D eigenvalue weighted by molar-refractivity contribution is -0.138. The maximum absolute atomic E-state index is 13.8. The average Bonchev–Trinajstić information content (AvgIpc) is 3.42. The molecule has 1 aliphatic rings. The summed E-state index contributed by atoms with van der Waals surface area (Å²) >= 11 is 1.17. The molecule has 1 saturated heterocycles. The zero-order valence-electron chi connectivity index (χ0n) is 15.1. The third kappa shape index (κ3) is 4.27. The fourth-order valence-electron chi connectivity index (χ4n) is 3.07. The Labute approximate surface area is 167 Å². The molecule has 29 heavy (non-hydrogen) atoms. The molecule has 0 bridgehead atoms. The van der Waals surface area contributed by atoms with Crippen molar-refractivity contribution in [1.82, 2.24) is 0 Å². The standard InChI is InChI=1S/C19H16F5N3OS/c1-29-17(27-10-25)26-9-18(11-6-7-14(20)15(21)8-11)16(28-18)12-4-2-3-5-13(12)19(22,23)24/h2-8,10,16H,9H2,1H3,(H2,25,26,27)/t16-,18-/m1/s1. The highest BCUT2D eigenvalue weighted by Gasteiger charge is 2.60. The number of thioether (sulfide) groups is 1. The van der Waals surface area contributed by atoms with Gasteiger partial charge in [0.25, 0.3) is 0 Å². The van der Waals surface area contributed by atoms with Gasteiger partial charge in [0.1, 0.15) is 11.7 Å². The van der Waals surface area contributed by atoms with E-state index in [-0.39, 0.29) is 22.8 Å². The summed E-state index contributed by atoms with van der Waals surface area (Å²) in [5.74, 6) is -2.20. The highest BCUT2D eigenvalue weighted by molar-refractivity contribution is 8.13. The van der Waals surface area contributed by atoms with E-state index in [0.29, 0.717) is 0 Å². The molecule has 10 heteroatoms. The molecular formula is C19H16F5N3OS. The van der Waals surface area contributed by atoms with Crippen LogP contribution in [0.15, 0.2) is 52.4 Å². The van der Waals surface area contributed by atoms with Crippen LogP contribution in [-0.4, -0.2) is 24.3 Å². The van der Waals surface area contributed by atoms with Gasteiger partial charge in [0.15, 0.2) is 16.8 Å². The van der Waals surface area contributed by atoms with Gasteiger partial charge in [-0.2, -0.15) is 13.2 Å². The Morgan fingerprint density at radius 1 is 1.21 bits per heavy atom. The lowest BCUT2D eigenvalue weighted by Gasteiger charge is -2.15. The van der Waals surface area contributed by atoms with E-state index in [9.17, 15) is 22.0 Å². The van der Waals surface area contributed by atoms with Crippen LogP contribution in [0.25, 0.3) is 0 Å². The van der Waals surface area contributed by atoms with Gasteiger partial charge < -0.3 is 10.5 Å². The smallest absolute Gasteiger partial charge is 0.390 e. The second-order valence-electron chi connectivity index (χ2n) is 6.18. The molecule has 2 N–H and O–H groups in total. The van der Waals surface area contributed by atoms with Crippen LogP contribution < -0.4 is 5.73 Å². The van der Waals surface area contributed by atoms with Gasteiger partial charge in [0.2, 0.25) is 0 Å². The topological polar surface area (TPSA) is 63.3 Å². The molecular weight excluding hydrogens is 413 g/mol. The number of nitrogens with two attached hydrogens (primary N) is 1. The van der Waals surface area contributed by atoms with E-state index in [1.807, 2.05) is 0 Å². The van der Waals surface area contributed by atoms with Crippen molar-refractivity contribution < 1.29 is 26.7 Å². The summed E-state index contributed by atoms with van der Waals surface area (Å²) in [5.41, 5.74) is 3.09. The first kappa shape index (κ1) is 21.3. The van der Waals surface area contributed by atoms with Gasteiger partial charge >= 0.3 is 6.18 Å². The van der Waals surface area contributed by atoms with E-state index in [0.717, 1.165) is 24.5 Å². The van der Waals surface area contributed by atoms with Gasteiger partial charge in [-0.3, -0.25) is 4.99 Å². The lowest BCUT2D eigenvalue weighted by atomic mass is 9.89. The molecule has 0 radical (unpaired) electrons. The molecule has 1 heterocycles. The molecule has 1 fully saturated rings. The number of hydrogen-bond donors (Lipinski definition) is 1. The second-order valence-corrected chi connectivity index (χ2v) is 6.96. The van der Waals surface area contributed by atoms with Crippen molar-refractivity contribution in [2.75, 3.05) is 12.8 Å². The summed E-state index contributed by atoms with van der Waals surface area (Å²) in [7, 11) is 0. The molecule has 2 aromatic rings. The summed E-state index contributed by atoms with van der Waals surface area (Å²) in [6.45, 7) is -0.150. The van der Waals surface area contributed by atoms with Crippen molar-refractivity contribution in [3.05, 3.63) is 70.8 Å². The molecule has 0 saturated carbocycles. The number of aliphatic imine (C=N–C) groups is 2. The van der Waals surface area contributed by atoms with Gasteiger partial charge in [-0.15, -0.1) is 0 Å². The number of benzene rings is 2. The molecule has 0 aliphatic carbocycles. The Bertz CT molecular complexity index is 963. The number of alkyl halides is 3. The highest BCUT2D eigenvalue weighted by Crippen LogP contribution is 2.59. The third-order valence-corrected chi connectivity index (χ3v) is 5.07. The van der Waals surface area contributed by atoms with E-state index in [2.05, 4.69) is 9.98 Å². The first-order valence-corrected chi connectivity index (χ1v) is 9.57. The number of epoxide rings is 1. The fraction of sp³-hybridized carbons (Fsp3) is 0.263. The molecule has 4 nitrogen and oxygen atoms in total. The van der Waals surface area contributed by atoms with Crippen LogP contribution in [0.5, 0.6) is 0 Å². The Morgan fingerprint density at radius 2 is 1.93 bits per heavy atom. The van der Waals surface area contributed by atoms with Gasteiger partial charge in [0, 0.05) is 0 Å². The van der Waals surface area contributed by atoms with Crippen LogP contribution in [0, 0.1) is 11.6 Å². The predicted molar refractivity (Wildman–Crippen MR) is 102 cm³/mol. The van der Waals surface area contributed by atoms with Crippen molar-refractivity contribution >= 4 is 23.3 Å². The van der Waals surface area contributed by atoms with E-state index in [1.165, 1.54) is 36.0 Å². The van der Waals surface area contributed by atoms with Crippen LogP contribution in [0.2, 0.25) is 0 Å². The molecule has 0 unspecified atom stereocenters. The van der Waals surface area contributed by atoms with Gasteiger partial charge in [-0.05, 0) is 35.6 Å². The quantitative estimate of drug-likeness (QED) is 0.333. The average molecular weight is 429 g/mol.